The van der Waals surface area contributed by atoms with Crippen molar-refractivity contribution in [2.24, 2.45) is 4.99 Å². The maximum atomic E-state index is 12.7. The van der Waals surface area contributed by atoms with Gasteiger partial charge in [-0.3, -0.25) is 5.41 Å². The molecule has 0 aromatic heterocycles. The number of halogens is 9. The van der Waals surface area contributed by atoms with Crippen LogP contribution in [-0.2, 0) is 17.0 Å². The fourth-order valence-corrected chi connectivity index (χ4v) is 3.76. The molecule has 0 radical (unpaired) electrons. The van der Waals surface area contributed by atoms with E-state index in [0.29, 0.717) is 12.1 Å². The Balaban J connectivity index is 3.48. The number of benzene rings is 1. The molecule has 1 rings (SSSR count). The topological polar surface area (TPSA) is 77.1 Å². The number of rotatable bonds is 4. The van der Waals surface area contributed by atoms with Gasteiger partial charge in [-0.15, -0.1) is 0 Å². The average Bonchev–Trinajstić information content (AvgIpc) is 2.48. The molecule has 4 nitrogen and oxygen atoms in total. The van der Waals surface area contributed by atoms with Crippen LogP contribution in [0.15, 0.2) is 17.1 Å². The number of alkyl halides is 6. The summed E-state index contributed by atoms with van der Waals surface area (Å²) in [5.41, 5.74) is -8.29. The van der Waals surface area contributed by atoms with E-state index in [4.69, 9.17) is 33.9 Å². The molecule has 142 valence electrons. The van der Waals surface area contributed by atoms with Crippen molar-refractivity contribution in [3.63, 3.8) is 0 Å². The molecule has 0 spiro atoms. The first-order valence-corrected chi connectivity index (χ1v) is 8.72. The van der Waals surface area contributed by atoms with Gasteiger partial charge < -0.3 is 0 Å². The number of nitrogens with zero attached hydrogens (tertiary/aromatic N) is 2. The summed E-state index contributed by atoms with van der Waals surface area (Å²) in [6.45, 7) is 0. The van der Waals surface area contributed by atoms with Crippen molar-refractivity contribution in [3.8, 4) is 6.07 Å². The van der Waals surface area contributed by atoms with Crippen molar-refractivity contribution < 1.29 is 30.6 Å². The van der Waals surface area contributed by atoms with E-state index in [1.54, 1.807) is 0 Å². The number of hydrogen-bond acceptors (Lipinski definition) is 4. The van der Waals surface area contributed by atoms with E-state index < -0.39 is 59.4 Å². The van der Waals surface area contributed by atoms with E-state index in [0.717, 1.165) is 6.07 Å². The van der Waals surface area contributed by atoms with Crippen LogP contribution in [0.25, 0.3) is 0 Å². The summed E-state index contributed by atoms with van der Waals surface area (Å²) in [7, 11) is -3.73. The van der Waals surface area contributed by atoms with Crippen LogP contribution < -0.4 is 0 Å². The van der Waals surface area contributed by atoms with Gasteiger partial charge in [0.25, 0.3) is 0 Å². The first-order valence-electron chi connectivity index (χ1n) is 5.96. The maximum Gasteiger partial charge on any atom is 0.472 e. The van der Waals surface area contributed by atoms with Crippen molar-refractivity contribution in [2.75, 3.05) is 0 Å². The molecule has 2 atom stereocenters. The van der Waals surface area contributed by atoms with Crippen LogP contribution >= 0.6 is 39.1 Å². The Bertz CT molecular complexity index is 811. The summed E-state index contributed by atoms with van der Waals surface area (Å²) in [5, 5.41) is 12.2. The molecule has 0 fully saturated rings. The summed E-state index contributed by atoms with van der Waals surface area (Å²) < 4.78 is 86.7. The molecule has 0 amide bonds. The Morgan fingerprint density at radius 3 is 2.04 bits per heavy atom. The Kier molecular flexibility index (Phi) is 7.25. The highest BCUT2D eigenvalue weighted by Gasteiger charge is 2.45. The Labute approximate surface area is 162 Å². The summed E-state index contributed by atoms with van der Waals surface area (Å²) in [6.07, 6.45) is -4.78. The van der Waals surface area contributed by atoms with Crippen LogP contribution in [0, 0.1) is 16.7 Å². The molecule has 1 aromatic carbocycles. The predicted octanol–water partition coefficient (Wildman–Crippen LogP) is 5.62. The molecular formula is C12H4BrCl2F6N3OS. The largest absolute Gasteiger partial charge is 0.472 e. The van der Waals surface area contributed by atoms with Gasteiger partial charge in [0, 0.05) is 0 Å². The first-order chi connectivity index (χ1) is 11.7. The molecule has 0 saturated heterocycles. The minimum atomic E-state index is -5.28. The van der Waals surface area contributed by atoms with E-state index >= 15 is 0 Å². The molecule has 1 aromatic rings. The average molecular weight is 503 g/mol. The summed E-state index contributed by atoms with van der Waals surface area (Å²) in [5.74, 6) is 0. The van der Waals surface area contributed by atoms with Gasteiger partial charge in [0.15, 0.2) is 0 Å². The third kappa shape index (κ3) is 5.42. The summed E-state index contributed by atoms with van der Waals surface area (Å²) in [6, 6.07) is 1.99. The van der Waals surface area contributed by atoms with E-state index in [1.807, 2.05) is 0 Å². The van der Waals surface area contributed by atoms with Crippen LogP contribution in [0.2, 0.25) is 10.0 Å². The predicted molar refractivity (Wildman–Crippen MR) is 88.8 cm³/mol. The second kappa shape index (κ2) is 8.24. The van der Waals surface area contributed by atoms with Crippen LogP contribution in [0.4, 0.5) is 32.0 Å². The Morgan fingerprint density at radius 1 is 1.23 bits per heavy atom. The van der Waals surface area contributed by atoms with Crippen molar-refractivity contribution in [3.05, 3.63) is 27.7 Å². The lowest BCUT2D eigenvalue weighted by Crippen LogP contribution is -2.37. The zero-order chi connectivity index (χ0) is 20.4. The number of nitrogens with one attached hydrogen (secondary N) is 1. The normalized spacial score (nSPS) is 15.3. The lowest BCUT2D eigenvalue weighted by atomic mass is 10.2. The van der Waals surface area contributed by atoms with Crippen molar-refractivity contribution in [1.82, 2.24) is 0 Å². The van der Waals surface area contributed by atoms with Crippen molar-refractivity contribution in [2.45, 2.75) is 16.9 Å². The molecule has 0 bridgehead atoms. The molecule has 0 saturated carbocycles. The van der Waals surface area contributed by atoms with E-state index in [9.17, 15) is 30.6 Å². The van der Waals surface area contributed by atoms with Crippen LogP contribution in [-0.4, -0.2) is 25.3 Å². The smallest absolute Gasteiger partial charge is 0.293 e. The van der Waals surface area contributed by atoms with Gasteiger partial charge in [-0.2, -0.15) is 31.6 Å². The second-order valence-electron chi connectivity index (χ2n) is 4.37. The third-order valence-corrected chi connectivity index (χ3v) is 5.46. The highest BCUT2D eigenvalue weighted by atomic mass is 79.9. The molecule has 26 heavy (non-hydrogen) atoms. The molecule has 0 aliphatic heterocycles. The maximum absolute atomic E-state index is 12.7. The lowest BCUT2D eigenvalue weighted by Gasteiger charge is -2.15. The standard InChI is InChI=1S/C12H4BrCl2F6N3OS/c13-10(9(7(23)3-22)26(25)12(19,20)21)24-8-5(14)1-4(2-6(8)15)11(16,17)18/h1-2,9,23H. The molecular weight excluding hydrogens is 499 g/mol. The van der Waals surface area contributed by atoms with E-state index in [-0.39, 0.29) is 0 Å². The zero-order valence-corrected chi connectivity index (χ0v) is 15.8. The van der Waals surface area contributed by atoms with Gasteiger partial charge in [-0.05, 0) is 28.1 Å². The third-order valence-electron chi connectivity index (χ3n) is 2.60. The van der Waals surface area contributed by atoms with Crippen molar-refractivity contribution >= 4 is 66.0 Å². The fourth-order valence-electron chi connectivity index (χ4n) is 1.51. The minimum absolute atomic E-state index is 0.442. The molecule has 0 heterocycles. The monoisotopic (exact) mass is 501 g/mol. The van der Waals surface area contributed by atoms with Gasteiger partial charge >= 0.3 is 11.7 Å². The Morgan fingerprint density at radius 2 is 1.69 bits per heavy atom. The highest BCUT2D eigenvalue weighted by Crippen LogP contribution is 2.40. The summed E-state index contributed by atoms with van der Waals surface area (Å²) in [4.78, 5) is 3.50. The van der Waals surface area contributed by atoms with Gasteiger partial charge in [-0.25, -0.2) is 9.20 Å². The molecule has 1 N–H and O–H groups in total. The van der Waals surface area contributed by atoms with Gasteiger partial charge in [0.1, 0.15) is 38.1 Å². The molecule has 0 aliphatic carbocycles. The lowest BCUT2D eigenvalue weighted by molar-refractivity contribution is -0.137. The highest BCUT2D eigenvalue weighted by molar-refractivity contribution is 9.18. The van der Waals surface area contributed by atoms with Crippen LogP contribution in [0.3, 0.4) is 0 Å². The molecule has 2 unspecified atom stereocenters. The Hall–Kier alpha value is -1.16. The van der Waals surface area contributed by atoms with Gasteiger partial charge in [0.05, 0.1) is 15.6 Å². The van der Waals surface area contributed by atoms with E-state index in [2.05, 4.69) is 20.9 Å². The van der Waals surface area contributed by atoms with Crippen LogP contribution in [0.1, 0.15) is 5.56 Å². The molecule has 0 aliphatic rings. The SMILES string of the molecule is N#CC(=N)C(C(Br)=Nc1c(Cl)cc(C(F)(F)F)cc1Cl)S(=O)C(F)(F)F. The van der Waals surface area contributed by atoms with Gasteiger partial charge in [-0.1, -0.05) is 23.2 Å². The van der Waals surface area contributed by atoms with Crippen molar-refractivity contribution in [1.29, 1.82) is 10.7 Å². The zero-order valence-electron chi connectivity index (χ0n) is 11.8. The number of aliphatic imine (C=N–C) groups is 1. The number of nitriles is 1. The fraction of sp³-hybridized carbons (Fsp3) is 0.250. The molecule has 14 heteroatoms. The number of hydrogen-bond donors (Lipinski definition) is 1. The second-order valence-corrected chi connectivity index (χ2v) is 7.53. The van der Waals surface area contributed by atoms with Gasteiger partial charge in [0.2, 0.25) is 0 Å². The minimum Gasteiger partial charge on any atom is -0.293 e. The quantitative estimate of drug-likeness (QED) is 0.428. The van der Waals surface area contributed by atoms with E-state index in [1.165, 1.54) is 0 Å². The summed E-state index contributed by atoms with van der Waals surface area (Å²) >= 11 is 13.9. The first kappa shape index (κ1) is 22.9. The van der Waals surface area contributed by atoms with Crippen LogP contribution in [0.5, 0.6) is 0 Å².